The van der Waals surface area contributed by atoms with E-state index in [0.717, 1.165) is 37.4 Å². The minimum atomic E-state index is -0.772. The molecule has 3 heterocycles. The van der Waals surface area contributed by atoms with Gasteiger partial charge in [-0.2, -0.15) is 0 Å². The number of carbonyl (C=O) groups is 1. The van der Waals surface area contributed by atoms with Gasteiger partial charge in [-0.1, -0.05) is 0 Å². The van der Waals surface area contributed by atoms with Crippen LogP contribution in [-0.4, -0.2) is 43.2 Å². The molecule has 2 aromatic heterocycles. The van der Waals surface area contributed by atoms with Gasteiger partial charge in [0.2, 0.25) is 5.65 Å². The number of piperidine rings is 1. The van der Waals surface area contributed by atoms with E-state index < -0.39 is 5.97 Å². The highest BCUT2D eigenvalue weighted by atomic mass is 16.4. The lowest BCUT2D eigenvalue weighted by Gasteiger charge is -2.35. The lowest BCUT2D eigenvalue weighted by Crippen LogP contribution is -2.41. The zero-order chi connectivity index (χ0) is 14.1. The van der Waals surface area contributed by atoms with E-state index in [2.05, 4.69) is 20.1 Å². The van der Waals surface area contributed by atoms with Crippen LogP contribution in [0.5, 0.6) is 0 Å². The molecule has 1 saturated heterocycles. The first-order chi connectivity index (χ1) is 9.66. The number of aryl methyl sites for hydroxylation is 1. The Kier molecular flexibility index (Phi) is 3.25. The van der Waals surface area contributed by atoms with Gasteiger partial charge in [0.1, 0.15) is 5.82 Å². The summed E-state index contributed by atoms with van der Waals surface area (Å²) in [4.78, 5) is 17.5. The van der Waals surface area contributed by atoms with Crippen LogP contribution in [0.15, 0.2) is 12.4 Å². The molecule has 1 aliphatic heterocycles. The number of carboxylic acid groups (broad SMARTS) is 1. The average molecular weight is 275 g/mol. The molecule has 7 nitrogen and oxygen atoms in total. The molecule has 1 atom stereocenters. The van der Waals surface area contributed by atoms with E-state index in [0.29, 0.717) is 5.65 Å². The van der Waals surface area contributed by atoms with Crippen molar-refractivity contribution in [2.75, 3.05) is 11.4 Å². The van der Waals surface area contributed by atoms with Gasteiger partial charge in [-0.15, -0.1) is 10.2 Å². The summed E-state index contributed by atoms with van der Waals surface area (Å²) < 4.78 is 1.88. The lowest BCUT2D eigenvalue weighted by atomic mass is 9.99. The summed E-state index contributed by atoms with van der Waals surface area (Å²) in [7, 11) is 0. The molecule has 0 radical (unpaired) electrons. The molecule has 0 bridgehead atoms. The number of anilines is 1. The summed E-state index contributed by atoms with van der Waals surface area (Å²) in [5, 5.41) is 17.3. The molecule has 0 amide bonds. The first-order valence-corrected chi connectivity index (χ1v) is 6.81. The molecule has 2 aromatic rings. The Labute approximate surface area is 116 Å². The van der Waals surface area contributed by atoms with Crippen LogP contribution in [-0.2, 0) is 4.79 Å². The fraction of sp³-hybridized carbons (Fsp3) is 0.538. The third-order valence-electron chi connectivity index (χ3n) is 3.79. The van der Waals surface area contributed by atoms with E-state index in [-0.39, 0.29) is 12.5 Å². The molecular weight excluding hydrogens is 258 g/mol. The molecule has 7 heteroatoms. The van der Waals surface area contributed by atoms with Gasteiger partial charge in [-0.05, 0) is 26.2 Å². The highest BCUT2D eigenvalue weighted by molar-refractivity contribution is 5.70. The van der Waals surface area contributed by atoms with Gasteiger partial charge in [0.25, 0.3) is 0 Å². The number of aliphatic carboxylic acids is 1. The van der Waals surface area contributed by atoms with Gasteiger partial charge < -0.3 is 10.0 Å². The van der Waals surface area contributed by atoms with E-state index in [4.69, 9.17) is 5.11 Å². The van der Waals surface area contributed by atoms with Gasteiger partial charge in [0.05, 0.1) is 6.42 Å². The fourth-order valence-corrected chi connectivity index (χ4v) is 2.82. The maximum Gasteiger partial charge on any atom is 0.305 e. The number of nitrogens with zero attached hydrogens (tertiary/aromatic N) is 5. The van der Waals surface area contributed by atoms with Crippen molar-refractivity contribution in [1.82, 2.24) is 19.6 Å². The predicted molar refractivity (Wildman–Crippen MR) is 72.8 cm³/mol. The highest BCUT2D eigenvalue weighted by Crippen LogP contribution is 2.27. The van der Waals surface area contributed by atoms with Crippen molar-refractivity contribution in [2.45, 2.75) is 38.6 Å². The lowest BCUT2D eigenvalue weighted by molar-refractivity contribution is -0.137. The SMILES string of the molecule is Cc1nnc2c(N3CCCCC3CC(=O)O)nccn12. The number of hydrogen-bond acceptors (Lipinski definition) is 5. The van der Waals surface area contributed by atoms with Gasteiger partial charge in [0.15, 0.2) is 5.82 Å². The zero-order valence-electron chi connectivity index (χ0n) is 11.4. The Balaban J connectivity index is 2.01. The average Bonchev–Trinajstić information content (AvgIpc) is 2.81. The topological polar surface area (TPSA) is 83.6 Å². The largest absolute Gasteiger partial charge is 0.481 e. The first-order valence-electron chi connectivity index (χ1n) is 6.81. The summed E-state index contributed by atoms with van der Waals surface area (Å²) in [6, 6.07) is -0.0167. The molecule has 0 aliphatic carbocycles. The highest BCUT2D eigenvalue weighted by Gasteiger charge is 2.27. The maximum atomic E-state index is 11.0. The maximum absolute atomic E-state index is 11.0. The van der Waals surface area contributed by atoms with Crippen molar-refractivity contribution >= 4 is 17.4 Å². The van der Waals surface area contributed by atoms with Crippen molar-refractivity contribution in [2.24, 2.45) is 0 Å². The molecule has 1 unspecified atom stereocenters. The molecule has 20 heavy (non-hydrogen) atoms. The number of carboxylic acids is 1. The Hall–Kier alpha value is -2.18. The molecule has 1 fully saturated rings. The van der Waals surface area contributed by atoms with Crippen molar-refractivity contribution in [1.29, 1.82) is 0 Å². The van der Waals surface area contributed by atoms with Crippen molar-refractivity contribution in [3.8, 4) is 0 Å². The standard InChI is InChI=1S/C13H17N5O2/c1-9-15-16-13-12(14-5-7-17(9)13)18-6-3-2-4-10(18)8-11(19)20/h5,7,10H,2-4,6,8H2,1H3,(H,19,20). The zero-order valence-corrected chi connectivity index (χ0v) is 11.4. The van der Waals surface area contributed by atoms with Crippen LogP contribution in [0.2, 0.25) is 0 Å². The van der Waals surface area contributed by atoms with Gasteiger partial charge >= 0.3 is 5.97 Å². The monoisotopic (exact) mass is 275 g/mol. The third-order valence-corrected chi connectivity index (χ3v) is 3.79. The fourth-order valence-electron chi connectivity index (χ4n) is 2.82. The van der Waals surface area contributed by atoms with Crippen molar-refractivity contribution < 1.29 is 9.90 Å². The smallest absolute Gasteiger partial charge is 0.305 e. The molecule has 3 rings (SSSR count). The number of rotatable bonds is 3. The molecule has 0 saturated carbocycles. The van der Waals surface area contributed by atoms with Gasteiger partial charge in [-0.3, -0.25) is 9.20 Å². The minimum Gasteiger partial charge on any atom is -0.481 e. The second kappa shape index (κ2) is 5.07. The Morgan fingerprint density at radius 1 is 1.45 bits per heavy atom. The van der Waals surface area contributed by atoms with Crippen molar-refractivity contribution in [3.63, 3.8) is 0 Å². The number of fused-ring (bicyclic) bond motifs is 1. The normalized spacial score (nSPS) is 19.4. The van der Waals surface area contributed by atoms with Crippen LogP contribution >= 0.6 is 0 Å². The van der Waals surface area contributed by atoms with E-state index in [9.17, 15) is 4.79 Å². The predicted octanol–water partition coefficient (Wildman–Crippen LogP) is 1.27. The summed E-state index contributed by atoms with van der Waals surface area (Å²) in [6.07, 6.45) is 6.66. The van der Waals surface area contributed by atoms with Crippen LogP contribution in [0.1, 0.15) is 31.5 Å². The van der Waals surface area contributed by atoms with Crippen molar-refractivity contribution in [3.05, 3.63) is 18.2 Å². The molecule has 0 spiro atoms. The Morgan fingerprint density at radius 3 is 3.10 bits per heavy atom. The van der Waals surface area contributed by atoms with Crippen LogP contribution in [0.4, 0.5) is 5.82 Å². The molecular formula is C13H17N5O2. The second-order valence-electron chi connectivity index (χ2n) is 5.13. The third kappa shape index (κ3) is 2.19. The Morgan fingerprint density at radius 2 is 2.30 bits per heavy atom. The van der Waals surface area contributed by atoms with Gasteiger partial charge in [-0.25, -0.2) is 4.98 Å². The van der Waals surface area contributed by atoms with Crippen LogP contribution in [0, 0.1) is 6.92 Å². The minimum absolute atomic E-state index is 0.0167. The van der Waals surface area contributed by atoms with E-state index in [1.54, 1.807) is 6.20 Å². The molecule has 0 aromatic carbocycles. The summed E-state index contributed by atoms with van der Waals surface area (Å²) in [5.74, 6) is 0.765. The van der Waals surface area contributed by atoms with Crippen LogP contribution in [0.25, 0.3) is 5.65 Å². The summed E-state index contributed by atoms with van der Waals surface area (Å²) in [5.41, 5.74) is 0.697. The van der Waals surface area contributed by atoms with Crippen LogP contribution in [0.3, 0.4) is 0 Å². The first kappa shape index (κ1) is 12.8. The molecule has 1 aliphatic rings. The van der Waals surface area contributed by atoms with E-state index in [1.807, 2.05) is 17.5 Å². The molecule has 106 valence electrons. The van der Waals surface area contributed by atoms with E-state index >= 15 is 0 Å². The second-order valence-corrected chi connectivity index (χ2v) is 5.13. The van der Waals surface area contributed by atoms with Crippen LogP contribution < -0.4 is 4.90 Å². The number of aromatic nitrogens is 4. The molecule has 1 N–H and O–H groups in total. The van der Waals surface area contributed by atoms with E-state index in [1.165, 1.54) is 0 Å². The number of hydrogen-bond donors (Lipinski definition) is 1. The van der Waals surface area contributed by atoms with Gasteiger partial charge in [0, 0.05) is 25.0 Å². The summed E-state index contributed by atoms with van der Waals surface area (Å²) >= 11 is 0. The quantitative estimate of drug-likeness (QED) is 0.908. The summed E-state index contributed by atoms with van der Waals surface area (Å²) in [6.45, 7) is 2.70. The Bertz CT molecular complexity index is 639.